The van der Waals surface area contributed by atoms with Gasteiger partial charge in [0.2, 0.25) is 17.7 Å². The van der Waals surface area contributed by atoms with E-state index in [1.165, 1.54) is 43.7 Å². The summed E-state index contributed by atoms with van der Waals surface area (Å²) >= 11 is 0. The van der Waals surface area contributed by atoms with Crippen molar-refractivity contribution in [2.45, 2.75) is 78.0 Å². The molecule has 0 radical (unpaired) electrons. The van der Waals surface area contributed by atoms with Crippen molar-refractivity contribution < 1.29 is 52.0 Å². The summed E-state index contributed by atoms with van der Waals surface area (Å²) in [6, 6.07) is 5.82. The third-order valence-corrected chi connectivity index (χ3v) is 11.0. The second-order valence-electron chi connectivity index (χ2n) is 16.4. The van der Waals surface area contributed by atoms with E-state index in [2.05, 4.69) is 36.5 Å². The van der Waals surface area contributed by atoms with Crippen molar-refractivity contribution >= 4 is 75.6 Å². The van der Waals surface area contributed by atoms with Crippen molar-refractivity contribution in [3.63, 3.8) is 0 Å². The molecule has 3 aromatic heterocycles. The van der Waals surface area contributed by atoms with Gasteiger partial charge >= 0.3 is 12.1 Å². The fourth-order valence-electron chi connectivity index (χ4n) is 7.35. The lowest BCUT2D eigenvalue weighted by atomic mass is 9.99. The Morgan fingerprint density at radius 1 is 0.899 bits per heavy atom. The topological polar surface area (TPSA) is 332 Å². The van der Waals surface area contributed by atoms with E-state index >= 15 is 4.39 Å². The summed E-state index contributed by atoms with van der Waals surface area (Å²) in [4.78, 5) is 106. The van der Waals surface area contributed by atoms with E-state index in [1.807, 2.05) is 0 Å². The first-order valence-electron chi connectivity index (χ1n) is 21.8. The molecule has 5 aromatic rings. The number of anilines is 3. The molecule has 0 saturated carbocycles. The third kappa shape index (κ3) is 12.5. The highest BCUT2D eigenvalue weighted by molar-refractivity contribution is 6.13. The lowest BCUT2D eigenvalue weighted by Gasteiger charge is -2.25. The molecule has 0 bridgehead atoms. The number of aromatic nitrogens is 4. The number of rotatable bonds is 21. The molecule has 0 unspecified atom stereocenters. The largest absolute Gasteiger partial charge is 0.443 e. The van der Waals surface area contributed by atoms with Crippen LogP contribution in [0.15, 0.2) is 71.7 Å². The molecule has 2 aromatic carbocycles. The van der Waals surface area contributed by atoms with Gasteiger partial charge in [-0.25, -0.2) is 14.0 Å². The number of ether oxygens (including phenoxy) is 1. The van der Waals surface area contributed by atoms with E-state index in [1.54, 1.807) is 38.1 Å². The molecule has 0 saturated heterocycles. The number of unbranched alkanes of at least 4 members (excludes halogenated alkanes) is 2. The Labute approximate surface area is 393 Å². The van der Waals surface area contributed by atoms with Gasteiger partial charge < -0.3 is 47.7 Å². The quantitative estimate of drug-likeness (QED) is 0.0237. The minimum absolute atomic E-state index is 0.0369. The fraction of sp³-hybridized carbons (Fsp3) is 0.326. The number of primary amides is 1. The van der Waals surface area contributed by atoms with Crippen LogP contribution in [0.4, 0.5) is 31.2 Å². The number of nitrogens with zero attached hydrogens (tertiary/aromatic N) is 5. The average molecular weight is 951 g/mol. The van der Waals surface area contributed by atoms with Crippen LogP contribution in [0.3, 0.4) is 0 Å². The zero-order valence-electron chi connectivity index (χ0n) is 37.9. The number of fused-ring (bicyclic) bond motifs is 1. The van der Waals surface area contributed by atoms with Gasteiger partial charge in [0.15, 0.2) is 17.2 Å². The lowest BCUT2D eigenvalue weighted by molar-refractivity contribution is -0.137. The van der Waals surface area contributed by atoms with Gasteiger partial charge in [-0.05, 0) is 68.4 Å². The van der Waals surface area contributed by atoms with Crippen molar-refractivity contribution in [2.75, 3.05) is 29.9 Å². The standard InChI is InChI=1S/C46H51FN12O10/c1-24(2)39(56-35(61)9-5-4-6-17-58-36(62)14-15-37(58)63)44(65)55-34(8-7-16-51-45(50)66)43(64)54-28-12-10-26(11-13-28)23-68-46(67)59-22-27(20-53-59)31-21-52-40(38-41(31)69-57-42(38)49)30-18-29(25(3)60)33(48)19-32(30)47/h10-15,18-22,24,34,39H,4-9,16-17,23,48H2,1-3H3,(H2,49,57)(H,54,64)(H,55,65)(H,56,61)(H3,50,51,66)/t34-,39-/m0/s1. The number of nitrogen functional groups attached to an aromatic ring is 2. The zero-order chi connectivity index (χ0) is 49.9. The lowest BCUT2D eigenvalue weighted by Crippen LogP contribution is -2.54. The second-order valence-corrected chi connectivity index (χ2v) is 16.4. The summed E-state index contributed by atoms with van der Waals surface area (Å²) < 4.78 is 27.1. The Balaban J connectivity index is 1.04. The predicted molar refractivity (Wildman–Crippen MR) is 248 cm³/mol. The number of ketones is 1. The van der Waals surface area contributed by atoms with Crippen molar-refractivity contribution in [3.8, 4) is 22.4 Å². The number of pyridine rings is 1. The summed E-state index contributed by atoms with van der Waals surface area (Å²) in [7, 11) is 0. The van der Waals surface area contributed by atoms with E-state index in [0.717, 1.165) is 15.6 Å². The summed E-state index contributed by atoms with van der Waals surface area (Å²) in [5.41, 5.74) is 18.9. The normalized spacial score (nSPS) is 13.1. The number of carbonyl (C=O) groups excluding carboxylic acids is 8. The van der Waals surface area contributed by atoms with Crippen molar-refractivity contribution in [1.82, 2.24) is 40.8 Å². The van der Waals surface area contributed by atoms with Crippen molar-refractivity contribution in [2.24, 2.45) is 11.7 Å². The minimum atomic E-state index is -1.09. The molecule has 22 nitrogen and oxygen atoms in total. The first-order valence-corrected chi connectivity index (χ1v) is 21.8. The van der Waals surface area contributed by atoms with Gasteiger partial charge in [-0.15, -0.1) is 0 Å². The molecular weight excluding hydrogens is 900 g/mol. The highest BCUT2D eigenvalue weighted by atomic mass is 19.1. The number of amides is 7. The maximum atomic E-state index is 15.2. The van der Waals surface area contributed by atoms with E-state index in [0.29, 0.717) is 41.6 Å². The van der Waals surface area contributed by atoms with Crippen LogP contribution in [0.2, 0.25) is 0 Å². The summed E-state index contributed by atoms with van der Waals surface area (Å²) in [5.74, 6) is -3.88. The summed E-state index contributed by atoms with van der Waals surface area (Å²) in [6.45, 7) is 4.96. The monoisotopic (exact) mass is 950 g/mol. The first-order chi connectivity index (χ1) is 32.9. The Bertz CT molecular complexity index is 2800. The van der Waals surface area contributed by atoms with Gasteiger partial charge in [0.05, 0.1) is 17.3 Å². The first kappa shape index (κ1) is 49.9. The van der Waals surface area contributed by atoms with E-state index in [4.69, 9.17) is 26.5 Å². The number of halogens is 1. The Morgan fingerprint density at radius 2 is 1.62 bits per heavy atom. The number of hydrogen-bond acceptors (Lipinski definition) is 15. The highest BCUT2D eigenvalue weighted by Crippen LogP contribution is 2.38. The van der Waals surface area contributed by atoms with E-state index in [9.17, 15) is 38.4 Å². The molecule has 0 spiro atoms. The average Bonchev–Trinajstić information content (AvgIpc) is 4.04. The van der Waals surface area contributed by atoms with Crippen LogP contribution in [0.25, 0.3) is 33.4 Å². The SMILES string of the molecule is CC(=O)c1cc(-c2ncc(-c3cnn(C(=O)OCc4ccc(NC(=O)[C@H](CCCNC(N)=O)NC(=O)[C@@H](NC(=O)CCCCCN5C(=O)C=CC5=O)C(C)C)cc4)c3)c3onc(N)c23)c(F)cc1N. The number of carbonyl (C=O) groups is 8. The van der Waals surface area contributed by atoms with Gasteiger partial charge in [-0.1, -0.05) is 37.6 Å². The van der Waals surface area contributed by atoms with Crippen LogP contribution in [0.1, 0.15) is 75.2 Å². The van der Waals surface area contributed by atoms with Gasteiger partial charge in [-0.3, -0.25) is 38.7 Å². The van der Waals surface area contributed by atoms with Crippen LogP contribution >= 0.6 is 0 Å². The van der Waals surface area contributed by atoms with Crippen LogP contribution in [-0.4, -0.2) is 97.4 Å². The Hall–Kier alpha value is -8.50. The fourth-order valence-corrected chi connectivity index (χ4v) is 7.35. The van der Waals surface area contributed by atoms with E-state index in [-0.39, 0.29) is 108 Å². The summed E-state index contributed by atoms with van der Waals surface area (Å²) in [6.07, 6.45) is 7.65. The van der Waals surface area contributed by atoms with Gasteiger partial charge in [0.1, 0.15) is 24.5 Å². The molecule has 23 heteroatoms. The van der Waals surface area contributed by atoms with Crippen LogP contribution in [0, 0.1) is 11.7 Å². The van der Waals surface area contributed by atoms with Gasteiger partial charge in [0.25, 0.3) is 11.8 Å². The Morgan fingerprint density at radius 3 is 2.30 bits per heavy atom. The van der Waals surface area contributed by atoms with Crippen molar-refractivity contribution in [1.29, 1.82) is 0 Å². The molecule has 4 heterocycles. The maximum Gasteiger partial charge on any atom is 0.435 e. The molecule has 2 atom stereocenters. The Kier molecular flexibility index (Phi) is 16.2. The number of Topliss-reactive ketones (excluding diaryl/α,β-unsaturated/α-hetero) is 1. The molecular formula is C46H51FN12O10. The highest BCUT2D eigenvalue weighted by Gasteiger charge is 2.30. The molecule has 7 amide bonds. The molecule has 362 valence electrons. The number of benzene rings is 2. The zero-order valence-corrected chi connectivity index (χ0v) is 37.9. The molecule has 6 rings (SSSR count). The second kappa shape index (κ2) is 22.3. The smallest absolute Gasteiger partial charge is 0.435 e. The molecule has 10 N–H and O–H groups in total. The predicted octanol–water partition coefficient (Wildman–Crippen LogP) is 3.94. The minimum Gasteiger partial charge on any atom is -0.443 e. The third-order valence-electron chi connectivity index (χ3n) is 11.0. The van der Waals surface area contributed by atoms with Crippen LogP contribution < -0.4 is 38.5 Å². The maximum absolute atomic E-state index is 15.2. The van der Waals surface area contributed by atoms with E-state index < -0.39 is 41.8 Å². The van der Waals surface area contributed by atoms with Crippen LogP contribution in [-0.2, 0) is 35.3 Å². The summed E-state index contributed by atoms with van der Waals surface area (Å²) in [5, 5.41) is 18.8. The number of nitrogens with one attached hydrogen (secondary N) is 4. The molecule has 1 aliphatic heterocycles. The molecule has 0 aliphatic carbocycles. The molecule has 69 heavy (non-hydrogen) atoms. The van der Waals surface area contributed by atoms with Gasteiger partial charge in [0, 0.05) is 77.7 Å². The van der Waals surface area contributed by atoms with Crippen LogP contribution in [0.5, 0.6) is 0 Å². The number of imide groups is 1. The number of nitrogens with two attached hydrogens (primary N) is 3. The number of urea groups is 1. The molecule has 0 fully saturated rings. The molecule has 1 aliphatic rings. The van der Waals surface area contributed by atoms with Gasteiger partial charge in [-0.2, -0.15) is 9.78 Å². The van der Waals surface area contributed by atoms with Crippen molar-refractivity contribution in [3.05, 3.63) is 84.1 Å². The number of hydrogen-bond donors (Lipinski definition) is 7.